The summed E-state index contributed by atoms with van der Waals surface area (Å²) in [6.45, 7) is 0.603. The number of hydrogen-bond acceptors (Lipinski definition) is 3. The molecule has 0 spiro atoms. The third-order valence-corrected chi connectivity index (χ3v) is 5.71. The van der Waals surface area contributed by atoms with Gasteiger partial charge in [0.2, 0.25) is 0 Å². The molecule has 0 bridgehead atoms. The highest BCUT2D eigenvalue weighted by Crippen LogP contribution is 2.34. The van der Waals surface area contributed by atoms with Crippen LogP contribution in [0.1, 0.15) is 24.5 Å². The van der Waals surface area contributed by atoms with Crippen molar-refractivity contribution in [3.63, 3.8) is 0 Å². The molecule has 1 aliphatic heterocycles. The van der Waals surface area contributed by atoms with Crippen LogP contribution in [0.4, 0.5) is 22.0 Å². The fourth-order valence-electron chi connectivity index (χ4n) is 3.70. The number of thiol groups is 1. The summed E-state index contributed by atoms with van der Waals surface area (Å²) in [4.78, 5) is 0. The van der Waals surface area contributed by atoms with Crippen molar-refractivity contribution in [2.45, 2.75) is 30.6 Å². The maximum absolute atomic E-state index is 14.8. The highest BCUT2D eigenvalue weighted by atomic mass is 32.1. The molecule has 1 fully saturated rings. The predicted molar refractivity (Wildman–Crippen MR) is 115 cm³/mol. The van der Waals surface area contributed by atoms with E-state index in [1.165, 1.54) is 18.2 Å². The van der Waals surface area contributed by atoms with Gasteiger partial charge in [-0.2, -0.15) is 12.6 Å². The Kier molecular flexibility index (Phi) is 6.44. The van der Waals surface area contributed by atoms with Gasteiger partial charge in [0.1, 0.15) is 5.82 Å². The SMILES string of the molecule is Fc1cc(-c2ccc(-c3ccc(C4CCC(S)CO4)cc3)cc2F)ccc1OC(F)(F)F. The first-order valence-electron chi connectivity index (χ1n) is 9.95. The topological polar surface area (TPSA) is 18.5 Å². The number of benzene rings is 3. The summed E-state index contributed by atoms with van der Waals surface area (Å²) < 4.78 is 75.1. The van der Waals surface area contributed by atoms with Crippen LogP contribution in [-0.4, -0.2) is 18.2 Å². The van der Waals surface area contributed by atoms with Gasteiger partial charge >= 0.3 is 6.36 Å². The second-order valence-corrected chi connectivity index (χ2v) is 8.29. The van der Waals surface area contributed by atoms with Gasteiger partial charge in [-0.15, -0.1) is 13.2 Å². The minimum Gasteiger partial charge on any atom is -0.403 e. The molecule has 168 valence electrons. The van der Waals surface area contributed by atoms with Crippen LogP contribution in [0.2, 0.25) is 0 Å². The number of rotatable bonds is 4. The normalized spacial score (nSPS) is 19.1. The van der Waals surface area contributed by atoms with Crippen LogP contribution in [0.5, 0.6) is 5.75 Å². The van der Waals surface area contributed by atoms with Gasteiger partial charge < -0.3 is 9.47 Å². The average Bonchev–Trinajstić information content (AvgIpc) is 2.75. The van der Waals surface area contributed by atoms with E-state index >= 15 is 0 Å². The first kappa shape index (κ1) is 22.6. The molecule has 3 aromatic carbocycles. The smallest absolute Gasteiger partial charge is 0.403 e. The van der Waals surface area contributed by atoms with Crippen molar-refractivity contribution in [1.29, 1.82) is 0 Å². The molecule has 1 saturated heterocycles. The molecule has 4 rings (SSSR count). The molecular weight excluding hydrogens is 447 g/mol. The Hall–Kier alpha value is -2.58. The third-order valence-electron chi connectivity index (χ3n) is 5.31. The van der Waals surface area contributed by atoms with E-state index in [0.717, 1.165) is 36.1 Å². The lowest BCUT2D eigenvalue weighted by molar-refractivity contribution is -0.275. The van der Waals surface area contributed by atoms with Crippen LogP contribution >= 0.6 is 12.6 Å². The molecule has 0 aliphatic carbocycles. The maximum Gasteiger partial charge on any atom is 0.573 e. The minimum absolute atomic E-state index is 0.0192. The Balaban J connectivity index is 1.53. The van der Waals surface area contributed by atoms with E-state index in [4.69, 9.17) is 4.74 Å². The number of hydrogen-bond donors (Lipinski definition) is 1. The lowest BCUT2D eigenvalue weighted by atomic mass is 9.96. The highest BCUT2D eigenvalue weighted by Gasteiger charge is 2.32. The second kappa shape index (κ2) is 9.11. The van der Waals surface area contributed by atoms with E-state index in [2.05, 4.69) is 17.4 Å². The summed E-state index contributed by atoms with van der Waals surface area (Å²) in [5.74, 6) is -2.82. The first-order chi connectivity index (χ1) is 15.2. The summed E-state index contributed by atoms with van der Waals surface area (Å²) in [6, 6.07) is 14.9. The highest BCUT2D eigenvalue weighted by molar-refractivity contribution is 7.81. The van der Waals surface area contributed by atoms with E-state index in [-0.39, 0.29) is 22.5 Å². The van der Waals surface area contributed by atoms with E-state index in [1.807, 2.05) is 24.3 Å². The Labute approximate surface area is 187 Å². The van der Waals surface area contributed by atoms with Crippen LogP contribution in [-0.2, 0) is 4.74 Å². The maximum atomic E-state index is 14.8. The number of halogens is 5. The van der Waals surface area contributed by atoms with Crippen LogP contribution in [0.3, 0.4) is 0 Å². The minimum atomic E-state index is -5.01. The summed E-state index contributed by atoms with van der Waals surface area (Å²) in [7, 11) is 0. The van der Waals surface area contributed by atoms with Crippen LogP contribution in [0.15, 0.2) is 60.7 Å². The van der Waals surface area contributed by atoms with Crippen molar-refractivity contribution in [3.05, 3.63) is 77.9 Å². The molecule has 2 unspecified atom stereocenters. The summed E-state index contributed by atoms with van der Waals surface area (Å²) in [5.41, 5.74) is 2.63. The van der Waals surface area contributed by atoms with Crippen LogP contribution < -0.4 is 4.74 Å². The Morgan fingerprint density at radius 1 is 0.812 bits per heavy atom. The number of ether oxygens (including phenoxy) is 2. The monoisotopic (exact) mass is 466 g/mol. The van der Waals surface area contributed by atoms with E-state index in [1.54, 1.807) is 6.07 Å². The van der Waals surface area contributed by atoms with Crippen molar-refractivity contribution >= 4 is 12.6 Å². The van der Waals surface area contributed by atoms with Gasteiger partial charge in [-0.3, -0.25) is 0 Å². The molecule has 0 aromatic heterocycles. The van der Waals surface area contributed by atoms with Gasteiger partial charge in [0.25, 0.3) is 0 Å². The Morgan fingerprint density at radius 2 is 1.47 bits per heavy atom. The first-order valence-corrected chi connectivity index (χ1v) is 10.5. The van der Waals surface area contributed by atoms with Crippen LogP contribution in [0.25, 0.3) is 22.3 Å². The Morgan fingerprint density at radius 3 is 2.06 bits per heavy atom. The average molecular weight is 466 g/mol. The molecule has 2 atom stereocenters. The zero-order chi connectivity index (χ0) is 22.9. The third kappa shape index (κ3) is 5.24. The zero-order valence-electron chi connectivity index (χ0n) is 16.7. The molecular formula is C24H19F5O2S. The lowest BCUT2D eigenvalue weighted by Crippen LogP contribution is -2.20. The molecule has 1 heterocycles. The summed E-state index contributed by atoms with van der Waals surface area (Å²) >= 11 is 4.42. The van der Waals surface area contributed by atoms with Gasteiger partial charge in [-0.05, 0) is 53.3 Å². The van der Waals surface area contributed by atoms with E-state index < -0.39 is 23.7 Å². The van der Waals surface area contributed by atoms with Gasteiger partial charge in [0.15, 0.2) is 11.6 Å². The molecule has 0 N–H and O–H groups in total. The van der Waals surface area contributed by atoms with Crippen molar-refractivity contribution in [1.82, 2.24) is 0 Å². The standard InChI is InChI=1S/C24H19F5O2S/c25-20-11-16(14-1-3-15(4-2-14)22-10-7-18(32)13-30-22)5-8-19(20)17-6-9-23(21(26)12-17)31-24(27,28)29/h1-6,8-9,11-12,18,22,32H,7,10,13H2. The van der Waals surface area contributed by atoms with Crippen molar-refractivity contribution < 1.29 is 31.4 Å². The molecule has 8 heteroatoms. The lowest BCUT2D eigenvalue weighted by Gasteiger charge is -2.26. The van der Waals surface area contributed by atoms with Crippen molar-refractivity contribution in [2.75, 3.05) is 6.61 Å². The molecule has 32 heavy (non-hydrogen) atoms. The van der Waals surface area contributed by atoms with Crippen molar-refractivity contribution in [3.8, 4) is 28.0 Å². The van der Waals surface area contributed by atoms with Crippen LogP contribution in [0, 0.1) is 11.6 Å². The molecule has 1 aliphatic rings. The fourth-order valence-corrected chi connectivity index (χ4v) is 3.93. The quantitative estimate of drug-likeness (QED) is 0.320. The zero-order valence-corrected chi connectivity index (χ0v) is 17.6. The number of alkyl halides is 3. The van der Waals surface area contributed by atoms with E-state index in [0.29, 0.717) is 12.2 Å². The van der Waals surface area contributed by atoms with E-state index in [9.17, 15) is 22.0 Å². The van der Waals surface area contributed by atoms with Gasteiger partial charge in [-0.1, -0.05) is 42.5 Å². The van der Waals surface area contributed by atoms with Gasteiger partial charge in [0, 0.05) is 10.8 Å². The molecule has 2 nitrogen and oxygen atoms in total. The molecule has 0 radical (unpaired) electrons. The van der Waals surface area contributed by atoms with Gasteiger partial charge in [-0.25, -0.2) is 8.78 Å². The Bertz CT molecular complexity index is 1090. The fraction of sp³-hybridized carbons (Fsp3) is 0.250. The molecule has 0 amide bonds. The van der Waals surface area contributed by atoms with Gasteiger partial charge in [0.05, 0.1) is 12.7 Å². The largest absolute Gasteiger partial charge is 0.573 e. The molecule has 0 saturated carbocycles. The second-order valence-electron chi connectivity index (χ2n) is 7.56. The van der Waals surface area contributed by atoms with Crippen molar-refractivity contribution in [2.24, 2.45) is 0 Å². The molecule has 3 aromatic rings. The summed E-state index contributed by atoms with van der Waals surface area (Å²) in [5, 5.41) is 0.258. The predicted octanol–water partition coefficient (Wildman–Crippen LogP) is 7.35. The summed E-state index contributed by atoms with van der Waals surface area (Å²) in [6.07, 6.45) is -3.12.